The maximum atomic E-state index is 15.0. The van der Waals surface area contributed by atoms with Crippen LogP contribution in [-0.4, -0.2) is 160 Å². The number of Topliss-reactive ketones (excluding diaryl/α,β-unsaturated/α-hetero) is 1. The lowest BCUT2D eigenvalue weighted by Gasteiger charge is -2.38. The second-order valence-electron chi connectivity index (χ2n) is 22.0. The molecule has 2 bridgehead atoms. The number of halogens is 2. The number of likely N-dealkylation sites (N-methyl/N-ethyl adjacent to an activating group) is 1. The molecule has 1 aromatic carbocycles. The van der Waals surface area contributed by atoms with E-state index in [0.717, 1.165) is 62.8 Å². The maximum absolute atomic E-state index is 15.0. The highest BCUT2D eigenvalue weighted by Gasteiger charge is 2.43. The number of allylic oxidation sites excluding steroid dienone is 2. The minimum absolute atomic E-state index is 0.0123. The Labute approximate surface area is 484 Å². The van der Waals surface area contributed by atoms with E-state index in [2.05, 4.69) is 32.4 Å². The van der Waals surface area contributed by atoms with Gasteiger partial charge in [-0.05, 0) is 119 Å². The van der Waals surface area contributed by atoms with Gasteiger partial charge in [-0.25, -0.2) is 18.4 Å². The second-order valence-corrected chi connectivity index (χ2v) is 23.1. The van der Waals surface area contributed by atoms with Crippen LogP contribution in [0.15, 0.2) is 77.7 Å². The summed E-state index contributed by atoms with van der Waals surface area (Å²) in [4.78, 5) is 97.4. The first kappa shape index (κ1) is 61.1. The lowest BCUT2D eigenvalue weighted by atomic mass is 9.87. The molecule has 3 aromatic rings. The first-order chi connectivity index (χ1) is 39.5. The van der Waals surface area contributed by atoms with E-state index in [1.54, 1.807) is 39.0 Å². The number of unbranched alkanes of at least 4 members (excludes halogenated alkanes) is 5. The number of piperidine rings is 1. The Morgan fingerprint density at radius 1 is 0.939 bits per heavy atom. The van der Waals surface area contributed by atoms with Gasteiger partial charge >= 0.3 is 0 Å². The number of hydrogen-bond donors (Lipinski definition) is 4. The molecule has 8 rings (SSSR count). The van der Waals surface area contributed by atoms with Crippen LogP contribution in [-0.2, 0) is 37.1 Å². The highest BCUT2D eigenvalue weighted by atomic mass is 32.2. The SMILES string of the molecule is C=C1/C=C(F)\C=C/CC(=O)N(C)Cc2nn(CCNC(=O)CCCCCCCCC(=O)N3CCC([C@@H](NC(=O)[C@@H](C)NC)C(=O)N4CCC[C@@H]4C4=NC(C(=O)c5ccc(F)cc5)CS4)CC3)c(OC)c2-c2cnc(N)c(c2)N2CCC[C@H]12. The molecule has 1 unspecified atom stereocenters. The number of rotatable bonds is 21. The van der Waals surface area contributed by atoms with Crippen molar-refractivity contribution in [1.29, 1.82) is 0 Å². The van der Waals surface area contributed by atoms with Gasteiger partial charge in [0.15, 0.2) is 5.78 Å². The molecule has 5 atom stereocenters. The van der Waals surface area contributed by atoms with Crippen LogP contribution in [0.1, 0.15) is 119 Å². The third-order valence-corrected chi connectivity index (χ3v) is 17.6. The number of likely N-dealkylation sites (tertiary alicyclic amines) is 2. The summed E-state index contributed by atoms with van der Waals surface area (Å²) < 4.78 is 36.2. The zero-order valence-corrected chi connectivity index (χ0v) is 48.6. The smallest absolute Gasteiger partial charge is 0.246 e. The predicted octanol–water partition coefficient (Wildman–Crippen LogP) is 6.93. The number of ether oxygens (including phenoxy) is 1. The largest absolute Gasteiger partial charge is 0.481 e. The summed E-state index contributed by atoms with van der Waals surface area (Å²) in [6.07, 6.45) is 16.0. The van der Waals surface area contributed by atoms with Gasteiger partial charge in [-0.3, -0.25) is 33.8 Å². The zero-order chi connectivity index (χ0) is 58.5. The number of fused-ring (bicyclic) bond motifs is 6. The molecule has 22 heteroatoms. The van der Waals surface area contributed by atoms with Crippen molar-refractivity contribution in [3.63, 3.8) is 0 Å². The van der Waals surface area contributed by atoms with Gasteiger partial charge in [0.1, 0.15) is 29.5 Å². The van der Waals surface area contributed by atoms with Gasteiger partial charge in [0.2, 0.25) is 35.4 Å². The lowest BCUT2D eigenvalue weighted by molar-refractivity contribution is -0.139. The predicted molar refractivity (Wildman–Crippen MR) is 314 cm³/mol. The summed E-state index contributed by atoms with van der Waals surface area (Å²) in [7, 11) is 4.91. The van der Waals surface area contributed by atoms with Crippen LogP contribution >= 0.6 is 11.8 Å². The Balaban J connectivity index is 0.767. The number of benzene rings is 1. The van der Waals surface area contributed by atoms with Gasteiger partial charge in [0.05, 0.1) is 60.3 Å². The quantitative estimate of drug-likeness (QED) is 0.0628. The minimum Gasteiger partial charge on any atom is -0.481 e. The molecular weight excluding hydrogens is 1070 g/mol. The summed E-state index contributed by atoms with van der Waals surface area (Å²) >= 11 is 1.47. The number of amides is 5. The molecular formula is C60H80F2N12O7S. The summed E-state index contributed by atoms with van der Waals surface area (Å²) in [6, 6.07) is 4.97. The van der Waals surface area contributed by atoms with E-state index >= 15 is 0 Å². The topological polar surface area (TPSA) is 230 Å². The number of aromatic nitrogens is 3. The van der Waals surface area contributed by atoms with Crippen molar-refractivity contribution in [3.8, 4) is 17.0 Å². The van der Waals surface area contributed by atoms with Crippen LogP contribution in [0.2, 0.25) is 0 Å². The number of carbonyl (C=O) groups is 6. The number of carbonyl (C=O) groups excluding carboxylic acids is 6. The number of ketones is 1. The minimum atomic E-state index is -0.781. The zero-order valence-electron chi connectivity index (χ0n) is 47.8. The molecule has 2 aromatic heterocycles. The monoisotopic (exact) mass is 1150 g/mol. The number of hydrogen-bond acceptors (Lipinski definition) is 14. The molecule has 5 aliphatic heterocycles. The van der Waals surface area contributed by atoms with E-state index < -0.39 is 29.8 Å². The van der Waals surface area contributed by atoms with Gasteiger partial charge in [-0.1, -0.05) is 38.3 Å². The Kier molecular flexibility index (Phi) is 21.5. The van der Waals surface area contributed by atoms with E-state index in [0.29, 0.717) is 116 Å². The van der Waals surface area contributed by atoms with Crippen LogP contribution in [0.4, 0.5) is 20.3 Å². The van der Waals surface area contributed by atoms with Crippen molar-refractivity contribution in [1.82, 2.24) is 45.4 Å². The number of aliphatic imine (C=N–C) groups is 1. The van der Waals surface area contributed by atoms with Crippen molar-refractivity contribution in [2.45, 2.75) is 147 Å². The number of anilines is 2. The number of nitrogens with zero attached hydrogens (tertiary/aromatic N) is 8. The van der Waals surface area contributed by atoms with Crippen molar-refractivity contribution in [3.05, 3.63) is 89.8 Å². The number of nitrogens with one attached hydrogen (secondary N) is 3. The molecule has 0 saturated carbocycles. The highest BCUT2D eigenvalue weighted by molar-refractivity contribution is 8.14. The molecule has 3 saturated heterocycles. The molecule has 82 heavy (non-hydrogen) atoms. The molecule has 5 aliphatic rings. The van der Waals surface area contributed by atoms with Gasteiger partial charge in [-0.15, -0.1) is 11.8 Å². The van der Waals surface area contributed by atoms with Crippen molar-refractivity contribution < 1.29 is 42.3 Å². The van der Waals surface area contributed by atoms with E-state index in [-0.39, 0.29) is 72.8 Å². The molecule has 19 nitrogen and oxygen atoms in total. The molecule has 0 spiro atoms. The van der Waals surface area contributed by atoms with Crippen molar-refractivity contribution in [2.24, 2.45) is 10.9 Å². The number of pyridine rings is 1. The van der Waals surface area contributed by atoms with Crippen molar-refractivity contribution in [2.75, 3.05) is 70.3 Å². The number of thioether (sulfide) groups is 1. The summed E-state index contributed by atoms with van der Waals surface area (Å²) in [5.74, 6) is -0.738. The Morgan fingerprint density at radius 3 is 2.38 bits per heavy atom. The third kappa shape index (κ3) is 15.2. The maximum Gasteiger partial charge on any atom is 0.246 e. The lowest BCUT2D eigenvalue weighted by Crippen LogP contribution is -2.58. The standard InChI is InChI=1S/C60H80F2N12O7S/c1-38-33-44(62)15-12-20-51(76)70(4)36-45-53(42-34-49(56(63)66-35-42)72-28-13-16-47(38)72)60(81-5)74(69-45)32-27-65-50(75)18-10-8-6-7-9-11-19-52(77)71-30-25-40(26-31-71)54(68-57(79)39(2)64-3)59(80)73-29-14-17-48(73)58-67-46(37-82-58)55(78)41-21-23-43(61)24-22-41/h12,15,21-24,33-35,39-40,46-48,54,64H,1,6-11,13-14,16-20,25-32,36-37H2,2-5H3,(H2,63,66)(H,65,75)(H,68,79)/b15-12-,44-33+/t39-,46?,47-,48-,54-/m1/s1. The second kappa shape index (κ2) is 28.8. The number of nitrogens with two attached hydrogens (primary N) is 1. The van der Waals surface area contributed by atoms with E-state index in [1.807, 2.05) is 15.9 Å². The van der Waals surface area contributed by atoms with E-state index in [4.69, 9.17) is 20.6 Å². The van der Waals surface area contributed by atoms with Crippen molar-refractivity contribution >= 4 is 63.6 Å². The van der Waals surface area contributed by atoms with Crippen LogP contribution in [0, 0.1) is 11.7 Å². The summed E-state index contributed by atoms with van der Waals surface area (Å²) in [5, 5.41) is 14.7. The van der Waals surface area contributed by atoms with Gasteiger partial charge < -0.3 is 46.0 Å². The molecule has 0 aliphatic carbocycles. The van der Waals surface area contributed by atoms with E-state index in [1.165, 1.54) is 59.2 Å². The number of nitrogen functional groups attached to an aromatic ring is 1. The summed E-state index contributed by atoms with van der Waals surface area (Å²) in [5.41, 5.74) is 10.0. The fourth-order valence-electron chi connectivity index (χ4n) is 11.7. The normalized spacial score (nSPS) is 21.5. The van der Waals surface area contributed by atoms with Gasteiger partial charge in [0.25, 0.3) is 0 Å². The first-order valence-electron chi connectivity index (χ1n) is 29.0. The Hall–Kier alpha value is -6.94. The van der Waals surface area contributed by atoms with Crippen LogP contribution in [0.25, 0.3) is 11.1 Å². The Bertz CT molecular complexity index is 2910. The third-order valence-electron chi connectivity index (χ3n) is 16.4. The van der Waals surface area contributed by atoms with Crippen LogP contribution in [0.5, 0.6) is 5.88 Å². The fraction of sp³-hybridized carbons (Fsp3) is 0.550. The molecule has 0 radical (unpaired) electrons. The van der Waals surface area contributed by atoms with Gasteiger partial charge in [-0.2, -0.15) is 5.10 Å². The highest BCUT2D eigenvalue weighted by Crippen LogP contribution is 2.40. The summed E-state index contributed by atoms with van der Waals surface area (Å²) in [6.45, 7) is 8.81. The molecule has 5 N–H and O–H groups in total. The first-order valence-corrected chi connectivity index (χ1v) is 30.0. The molecule has 3 fully saturated rings. The number of methoxy groups -OCH3 is 1. The molecule has 7 heterocycles. The van der Waals surface area contributed by atoms with Crippen LogP contribution in [0.3, 0.4) is 0 Å². The molecule has 442 valence electrons. The molecule has 5 amide bonds. The van der Waals surface area contributed by atoms with Gasteiger partial charge in [0, 0.05) is 82.1 Å². The van der Waals surface area contributed by atoms with E-state index in [9.17, 15) is 37.5 Å². The fourth-order valence-corrected chi connectivity index (χ4v) is 12.9. The average Bonchev–Trinajstić information content (AvgIpc) is 4.51. The van der Waals surface area contributed by atoms with Crippen LogP contribution < -0.4 is 31.3 Å². The average molecular weight is 1150 g/mol. The Morgan fingerprint density at radius 2 is 1.65 bits per heavy atom.